The van der Waals surface area contributed by atoms with Crippen LogP contribution >= 0.6 is 10.7 Å². The molecule has 3 unspecified atom stereocenters. The van der Waals surface area contributed by atoms with Gasteiger partial charge in [-0.25, -0.2) is 43.5 Å². The molecule has 3 saturated heterocycles. The second kappa shape index (κ2) is 16.5. The van der Waals surface area contributed by atoms with Crippen LogP contribution in [0.15, 0.2) is 0 Å². The average Bonchev–Trinajstić information content (AvgIpc) is 3.68. The molecule has 20 heteroatoms. The minimum absolute atomic E-state index is 0.112. The number of carbonyl (C=O) groups is 2. The van der Waals surface area contributed by atoms with Gasteiger partial charge in [-0.3, -0.25) is 0 Å². The van der Waals surface area contributed by atoms with Gasteiger partial charge in [0.25, 0.3) is 0 Å². The van der Waals surface area contributed by atoms with Crippen LogP contribution in [0.4, 0.5) is 9.59 Å². The van der Waals surface area contributed by atoms with E-state index in [9.17, 15) is 34.8 Å². The minimum Gasteiger partial charge on any atom is -0.444 e. The van der Waals surface area contributed by atoms with E-state index in [4.69, 9.17) is 25.4 Å². The van der Waals surface area contributed by atoms with E-state index in [1.54, 1.807) is 41.5 Å². The van der Waals surface area contributed by atoms with Crippen molar-refractivity contribution >= 4 is 52.0 Å². The van der Waals surface area contributed by atoms with E-state index >= 15 is 0 Å². The summed E-state index contributed by atoms with van der Waals surface area (Å²) in [7, 11) is 1.21. The quantitative estimate of drug-likeness (QED) is 0.293. The van der Waals surface area contributed by atoms with Crippen molar-refractivity contribution in [2.45, 2.75) is 87.8 Å². The molecule has 0 radical (unpaired) electrons. The molecule has 0 aromatic heterocycles. The molecule has 0 aromatic carbocycles. The lowest BCUT2D eigenvalue weighted by molar-refractivity contribution is 0.0284. The van der Waals surface area contributed by atoms with Crippen molar-refractivity contribution in [3.63, 3.8) is 0 Å². The predicted octanol–water partition coefficient (Wildman–Crippen LogP) is 1.88. The third-order valence-corrected chi connectivity index (χ3v) is 13.6. The summed E-state index contributed by atoms with van der Waals surface area (Å²) >= 11 is 0. The normalized spacial score (nSPS) is 22.3. The van der Waals surface area contributed by atoms with Gasteiger partial charge in [-0.1, -0.05) is 0 Å². The van der Waals surface area contributed by atoms with Gasteiger partial charge in [0.15, 0.2) is 6.19 Å². The molecule has 3 fully saturated rings. The van der Waals surface area contributed by atoms with Crippen LogP contribution < -0.4 is 0 Å². The number of hydrogen-bond acceptors (Lipinski definition) is 12. The highest BCUT2D eigenvalue weighted by atomic mass is 35.7. The molecule has 3 heterocycles. The fraction of sp³-hybridized carbons (Fsp3) is 0.889. The fourth-order valence-corrected chi connectivity index (χ4v) is 8.49. The highest BCUT2D eigenvalue weighted by molar-refractivity contribution is 8.14. The molecule has 0 saturated carbocycles. The molecule has 0 aromatic rings. The van der Waals surface area contributed by atoms with E-state index in [0.29, 0.717) is 45.4 Å². The minimum atomic E-state index is -3.59. The van der Waals surface area contributed by atoms with Gasteiger partial charge >= 0.3 is 12.2 Å². The van der Waals surface area contributed by atoms with Crippen LogP contribution in [-0.2, 0) is 38.6 Å². The van der Waals surface area contributed by atoms with Crippen LogP contribution in [-0.4, -0.2) is 155 Å². The lowest BCUT2D eigenvalue weighted by atomic mass is 10.2. The number of likely N-dealkylation sites (tertiary alicyclic amines) is 3. The Morgan fingerprint density at radius 1 is 0.681 bits per heavy atom. The van der Waals surface area contributed by atoms with Crippen LogP contribution in [0.3, 0.4) is 0 Å². The Labute approximate surface area is 285 Å². The molecule has 0 spiro atoms. The van der Waals surface area contributed by atoms with Crippen LogP contribution in [0.2, 0.25) is 0 Å². The maximum absolute atomic E-state index is 11.9. The molecular formula is C27H51ClN6O10S3. The molecule has 16 nitrogen and oxygen atoms in total. The van der Waals surface area contributed by atoms with Gasteiger partial charge in [0.05, 0.1) is 15.7 Å². The van der Waals surface area contributed by atoms with Gasteiger partial charge < -0.3 is 24.2 Å². The van der Waals surface area contributed by atoms with Crippen molar-refractivity contribution in [2.75, 3.05) is 67.5 Å². The Morgan fingerprint density at radius 3 is 1.32 bits per heavy atom. The SMILES string of the molecule is CC(C)(C)OC(=O)N1CCC(S(=O)(=O)Cl)C1.CN(C)S(=O)(=O)C1CCN(C#N)C1.CN(C)S(=O)(=O)C1CCN(C(=O)OC(C)(C)C)C1. The molecule has 0 aliphatic carbocycles. The van der Waals surface area contributed by atoms with Gasteiger partial charge in [0, 0.05) is 78.1 Å². The highest BCUT2D eigenvalue weighted by Gasteiger charge is 2.38. The number of hydrogen-bond donors (Lipinski definition) is 0. The summed E-state index contributed by atoms with van der Waals surface area (Å²) in [5.41, 5.74) is -1.13. The first kappa shape index (κ1) is 42.9. The Balaban J connectivity index is 0.000000357. The summed E-state index contributed by atoms with van der Waals surface area (Å²) in [6.07, 6.45) is 2.39. The second-order valence-corrected chi connectivity index (χ2v) is 21.5. The average molecular weight is 751 g/mol. The summed E-state index contributed by atoms with van der Waals surface area (Å²) in [5, 5.41) is 6.93. The van der Waals surface area contributed by atoms with E-state index in [1.807, 2.05) is 6.19 Å². The maximum Gasteiger partial charge on any atom is 0.410 e. The zero-order valence-corrected chi connectivity index (χ0v) is 32.2. The molecule has 3 rings (SSSR count). The first-order valence-corrected chi connectivity index (χ1v) is 20.4. The van der Waals surface area contributed by atoms with Crippen molar-refractivity contribution < 1.29 is 44.3 Å². The lowest BCUT2D eigenvalue weighted by Gasteiger charge is -2.24. The number of halogens is 1. The van der Waals surface area contributed by atoms with Crippen LogP contribution in [0.1, 0.15) is 60.8 Å². The zero-order chi connectivity index (χ0) is 36.8. The summed E-state index contributed by atoms with van der Waals surface area (Å²) in [4.78, 5) is 27.7. The van der Waals surface area contributed by atoms with Crippen molar-refractivity contribution in [2.24, 2.45) is 0 Å². The Kier molecular flexibility index (Phi) is 15.1. The number of rotatable bonds is 5. The number of carbonyl (C=O) groups excluding carboxylic acids is 2. The number of nitrogens with zero attached hydrogens (tertiary/aromatic N) is 6. The van der Waals surface area contributed by atoms with E-state index in [-0.39, 0.29) is 13.1 Å². The maximum atomic E-state index is 11.9. The lowest BCUT2D eigenvalue weighted by Crippen LogP contribution is -2.39. The first-order valence-electron chi connectivity index (χ1n) is 15.0. The second-order valence-electron chi connectivity index (χ2n) is 13.8. The monoisotopic (exact) mass is 750 g/mol. The topological polar surface area (TPSA) is 195 Å². The standard InChI is InChI=1S/C11H22N2O4S.C9H16ClNO4S.C7H13N3O2S/c1-11(2,3)17-10(14)13-7-6-9(8-13)18(15,16)12(4)5;1-9(2,3)15-8(12)11-5-4-7(6-11)16(10,13)14;1-9(2)13(11,12)7-3-4-10(5-7)6-8/h9H,6-8H2,1-5H3;7H,4-6H2,1-3H3;7H,3-5H2,1-2H3. The molecule has 3 aliphatic heterocycles. The van der Waals surface area contributed by atoms with Gasteiger partial charge in [0.2, 0.25) is 29.1 Å². The van der Waals surface area contributed by atoms with E-state index in [1.165, 1.54) is 51.5 Å². The van der Waals surface area contributed by atoms with Crippen LogP contribution in [0, 0.1) is 11.5 Å². The number of ether oxygens (including phenoxy) is 2. The number of sulfonamides is 2. The van der Waals surface area contributed by atoms with Gasteiger partial charge in [0.1, 0.15) is 11.2 Å². The molecule has 3 atom stereocenters. The van der Waals surface area contributed by atoms with Crippen molar-refractivity contribution in [3.05, 3.63) is 0 Å². The van der Waals surface area contributed by atoms with Crippen molar-refractivity contribution in [1.82, 2.24) is 23.3 Å². The zero-order valence-electron chi connectivity index (χ0n) is 29.0. The molecule has 2 amide bonds. The predicted molar refractivity (Wildman–Crippen MR) is 178 cm³/mol. The van der Waals surface area contributed by atoms with E-state index in [0.717, 1.165) is 0 Å². The summed E-state index contributed by atoms with van der Waals surface area (Å²) in [5.74, 6) is 0. The summed E-state index contributed by atoms with van der Waals surface area (Å²) in [6.45, 7) is 12.6. The van der Waals surface area contributed by atoms with Gasteiger partial charge in [-0.15, -0.1) is 0 Å². The molecule has 47 heavy (non-hydrogen) atoms. The van der Waals surface area contributed by atoms with Gasteiger partial charge in [-0.2, -0.15) is 5.26 Å². The smallest absolute Gasteiger partial charge is 0.410 e. The molecule has 0 N–H and O–H groups in total. The van der Waals surface area contributed by atoms with Crippen molar-refractivity contribution in [3.8, 4) is 6.19 Å². The summed E-state index contributed by atoms with van der Waals surface area (Å²) in [6, 6.07) is 0. The number of nitriles is 1. The van der Waals surface area contributed by atoms with E-state index in [2.05, 4.69) is 0 Å². The number of amides is 2. The first-order chi connectivity index (χ1) is 21.1. The third-order valence-electron chi connectivity index (χ3n) is 7.14. The molecule has 274 valence electrons. The van der Waals surface area contributed by atoms with Gasteiger partial charge in [-0.05, 0) is 60.8 Å². The van der Waals surface area contributed by atoms with Crippen LogP contribution in [0.25, 0.3) is 0 Å². The summed E-state index contributed by atoms with van der Waals surface area (Å²) < 4.78 is 82.0. The Bertz CT molecular complexity index is 1450. The van der Waals surface area contributed by atoms with Crippen molar-refractivity contribution in [1.29, 1.82) is 5.26 Å². The Hall–Kier alpha value is -2.11. The Morgan fingerprint density at radius 2 is 1.02 bits per heavy atom. The molecule has 3 aliphatic rings. The van der Waals surface area contributed by atoms with E-state index < -0.39 is 68.2 Å². The fourth-order valence-electron chi connectivity index (χ4n) is 4.57. The highest BCUT2D eigenvalue weighted by Crippen LogP contribution is 2.23. The molecular weight excluding hydrogens is 700 g/mol. The molecule has 0 bridgehead atoms. The van der Waals surface area contributed by atoms with Crippen LogP contribution in [0.5, 0.6) is 0 Å². The largest absolute Gasteiger partial charge is 0.444 e. The third kappa shape index (κ3) is 13.7.